The first-order valence-corrected chi connectivity index (χ1v) is 6.35. The molecule has 0 atom stereocenters. The Bertz CT molecular complexity index is 671. The monoisotopic (exact) mass is 269 g/mol. The van der Waals surface area contributed by atoms with Crippen molar-refractivity contribution in [3.63, 3.8) is 0 Å². The zero-order valence-corrected chi connectivity index (χ0v) is 11.3. The fourth-order valence-corrected chi connectivity index (χ4v) is 1.92. The summed E-state index contributed by atoms with van der Waals surface area (Å²) in [5.41, 5.74) is 1.53. The van der Waals surface area contributed by atoms with Gasteiger partial charge in [0, 0.05) is 18.0 Å². The minimum absolute atomic E-state index is 0.112. The van der Waals surface area contributed by atoms with Crippen molar-refractivity contribution in [1.82, 2.24) is 4.98 Å². The van der Waals surface area contributed by atoms with Crippen LogP contribution in [0.2, 0.25) is 0 Å². The number of ketones is 1. The third-order valence-electron chi connectivity index (χ3n) is 2.95. The maximum absolute atomic E-state index is 12.1. The Morgan fingerprint density at radius 2 is 2.00 bits per heavy atom. The highest BCUT2D eigenvalue weighted by Gasteiger charge is 2.18. The van der Waals surface area contributed by atoms with E-state index in [-0.39, 0.29) is 24.4 Å². The number of ether oxygens (including phenoxy) is 1. The van der Waals surface area contributed by atoms with Crippen LogP contribution in [-0.4, -0.2) is 23.3 Å². The van der Waals surface area contributed by atoms with Gasteiger partial charge in [0.2, 0.25) is 0 Å². The number of benzene rings is 1. The van der Waals surface area contributed by atoms with Crippen LogP contribution in [0.3, 0.4) is 0 Å². The second-order valence-corrected chi connectivity index (χ2v) is 4.29. The number of esters is 1. The quantitative estimate of drug-likeness (QED) is 0.362. The van der Waals surface area contributed by atoms with Gasteiger partial charge in [-0.2, -0.15) is 0 Å². The van der Waals surface area contributed by atoms with E-state index in [1.54, 1.807) is 19.2 Å². The number of para-hydroxylation sites is 1. The molecule has 102 valence electrons. The highest BCUT2D eigenvalue weighted by Crippen LogP contribution is 2.17. The molecule has 0 unspecified atom stereocenters. The summed E-state index contributed by atoms with van der Waals surface area (Å²) in [5, 5.41) is 0.903. The van der Waals surface area contributed by atoms with Crippen LogP contribution in [-0.2, 0) is 20.7 Å². The zero-order chi connectivity index (χ0) is 14.5. The van der Waals surface area contributed by atoms with Crippen molar-refractivity contribution in [2.75, 3.05) is 6.61 Å². The summed E-state index contributed by atoms with van der Waals surface area (Å²) in [7, 11) is 0. The molecule has 2 aromatic rings. The number of pyridine rings is 1. The van der Waals surface area contributed by atoms with Crippen molar-refractivity contribution >= 4 is 22.7 Å². The highest BCUT2D eigenvalue weighted by molar-refractivity contribution is 6.17. The Kier molecular flexibility index (Phi) is 4.25. The van der Waals surface area contributed by atoms with Crippen LogP contribution in [0.5, 0.6) is 0 Å². The molecule has 2 rings (SSSR count). The smallest absolute Gasteiger partial charge is 0.341 e. The Balaban J connectivity index is 2.22. The zero-order valence-electron chi connectivity index (χ0n) is 11.3. The van der Waals surface area contributed by atoms with Crippen LogP contribution >= 0.6 is 0 Å². The molecule has 0 saturated carbocycles. The molecule has 4 nitrogen and oxygen atoms in total. The van der Waals surface area contributed by atoms with E-state index >= 15 is 0 Å². The van der Waals surface area contributed by atoms with E-state index < -0.39 is 5.97 Å². The molecule has 0 amide bonds. The van der Waals surface area contributed by atoms with Crippen molar-refractivity contribution in [1.29, 1.82) is 0 Å². The minimum Gasteiger partial charge on any atom is -0.462 e. The van der Waals surface area contributed by atoms with Crippen LogP contribution in [0, 0.1) is 0 Å². The molecule has 0 fully saturated rings. The predicted molar refractivity (Wildman–Crippen MR) is 76.2 cm³/mol. The van der Waals surface area contributed by atoms with Gasteiger partial charge in [-0.3, -0.25) is 9.78 Å². The third kappa shape index (κ3) is 2.91. The number of rotatable bonds is 5. The maximum atomic E-state index is 12.1. The molecule has 20 heavy (non-hydrogen) atoms. The molecule has 0 aliphatic heterocycles. The molecule has 1 aromatic heterocycles. The molecular formula is C16H15NO3. The van der Waals surface area contributed by atoms with Gasteiger partial charge in [0.25, 0.3) is 0 Å². The molecule has 0 N–H and O–H groups in total. The second-order valence-electron chi connectivity index (χ2n) is 4.29. The first-order valence-electron chi connectivity index (χ1n) is 6.35. The molecule has 0 radical (unpaired) electrons. The number of hydrogen-bond donors (Lipinski definition) is 0. The van der Waals surface area contributed by atoms with Gasteiger partial charge in [0.15, 0.2) is 5.78 Å². The normalized spacial score (nSPS) is 10.2. The van der Waals surface area contributed by atoms with Crippen molar-refractivity contribution in [2.24, 2.45) is 0 Å². The molecule has 0 bridgehead atoms. The average Bonchev–Trinajstić information content (AvgIpc) is 2.47. The van der Waals surface area contributed by atoms with E-state index in [1.807, 2.05) is 24.3 Å². The fraction of sp³-hybridized carbons (Fsp3) is 0.188. The van der Waals surface area contributed by atoms with E-state index in [2.05, 4.69) is 11.6 Å². The molecule has 1 aromatic carbocycles. The van der Waals surface area contributed by atoms with E-state index in [4.69, 9.17) is 4.74 Å². The number of fused-ring (bicyclic) bond motifs is 1. The van der Waals surface area contributed by atoms with Crippen molar-refractivity contribution in [2.45, 2.75) is 13.3 Å². The van der Waals surface area contributed by atoms with Gasteiger partial charge in [-0.15, -0.1) is 0 Å². The topological polar surface area (TPSA) is 56.3 Å². The summed E-state index contributed by atoms with van der Waals surface area (Å²) < 4.78 is 4.78. The molecule has 0 aliphatic carbocycles. The average molecular weight is 269 g/mol. The van der Waals surface area contributed by atoms with Gasteiger partial charge >= 0.3 is 5.97 Å². The summed E-state index contributed by atoms with van der Waals surface area (Å²) in [6.45, 7) is 5.42. The molecule has 0 spiro atoms. The Labute approximate surface area is 117 Å². The number of hydrogen-bond acceptors (Lipinski definition) is 4. The number of aromatic nitrogens is 1. The van der Waals surface area contributed by atoms with Crippen LogP contribution in [0.4, 0.5) is 0 Å². The summed E-state index contributed by atoms with van der Waals surface area (Å²) in [6.07, 6.45) is 1.76. The van der Waals surface area contributed by atoms with Gasteiger partial charge in [-0.05, 0) is 24.6 Å². The van der Waals surface area contributed by atoms with E-state index in [9.17, 15) is 9.59 Å². The lowest BCUT2D eigenvalue weighted by atomic mass is 10.0. The lowest BCUT2D eigenvalue weighted by Gasteiger charge is -2.07. The van der Waals surface area contributed by atoms with Crippen LogP contribution in [0.25, 0.3) is 10.9 Å². The SMILES string of the molecule is C=C(C(=O)Cc1ccnc2ccccc12)C(=O)OCC. The first-order chi connectivity index (χ1) is 9.63. The van der Waals surface area contributed by atoms with Crippen LogP contribution in [0.1, 0.15) is 12.5 Å². The lowest BCUT2D eigenvalue weighted by molar-refractivity contribution is -0.139. The van der Waals surface area contributed by atoms with Crippen molar-refractivity contribution in [3.05, 3.63) is 54.2 Å². The molecular weight excluding hydrogens is 254 g/mol. The second kappa shape index (κ2) is 6.10. The number of nitrogens with zero attached hydrogens (tertiary/aromatic N) is 1. The molecule has 4 heteroatoms. The Hall–Kier alpha value is -2.49. The largest absolute Gasteiger partial charge is 0.462 e. The van der Waals surface area contributed by atoms with Gasteiger partial charge in [0.05, 0.1) is 17.7 Å². The van der Waals surface area contributed by atoms with E-state index in [0.717, 1.165) is 16.5 Å². The molecule has 0 aliphatic rings. The predicted octanol–water partition coefficient (Wildman–Crippen LogP) is 2.47. The molecule has 1 heterocycles. The molecule has 0 saturated heterocycles. The van der Waals surface area contributed by atoms with Crippen molar-refractivity contribution in [3.8, 4) is 0 Å². The van der Waals surface area contributed by atoms with Gasteiger partial charge in [-0.1, -0.05) is 24.8 Å². The Morgan fingerprint density at radius 3 is 2.75 bits per heavy atom. The third-order valence-corrected chi connectivity index (χ3v) is 2.95. The van der Waals surface area contributed by atoms with Crippen LogP contribution < -0.4 is 0 Å². The van der Waals surface area contributed by atoms with Gasteiger partial charge in [0.1, 0.15) is 0 Å². The van der Waals surface area contributed by atoms with E-state index in [0.29, 0.717) is 0 Å². The Morgan fingerprint density at radius 1 is 1.25 bits per heavy atom. The van der Waals surface area contributed by atoms with Gasteiger partial charge in [-0.25, -0.2) is 4.79 Å². The fourth-order valence-electron chi connectivity index (χ4n) is 1.92. The van der Waals surface area contributed by atoms with E-state index in [1.165, 1.54) is 0 Å². The standard InChI is InChI=1S/C16H15NO3/c1-3-20-16(19)11(2)15(18)10-12-8-9-17-14-7-5-4-6-13(12)14/h4-9H,2-3,10H2,1H3. The summed E-state index contributed by atoms with van der Waals surface area (Å²) in [6, 6.07) is 9.33. The maximum Gasteiger partial charge on any atom is 0.341 e. The summed E-state index contributed by atoms with van der Waals surface area (Å²) >= 11 is 0. The minimum atomic E-state index is -0.657. The number of Topliss-reactive ketones (excluding diaryl/α,β-unsaturated/α-hetero) is 1. The first kappa shape index (κ1) is 13.9. The number of carbonyl (C=O) groups excluding carboxylic acids is 2. The van der Waals surface area contributed by atoms with Crippen molar-refractivity contribution < 1.29 is 14.3 Å². The summed E-state index contributed by atoms with van der Waals surface area (Å²) in [5.74, 6) is -0.990. The number of carbonyl (C=O) groups is 2. The lowest BCUT2D eigenvalue weighted by Crippen LogP contribution is -2.16. The summed E-state index contributed by atoms with van der Waals surface area (Å²) in [4.78, 5) is 27.8. The van der Waals surface area contributed by atoms with Crippen LogP contribution in [0.15, 0.2) is 48.7 Å². The highest BCUT2D eigenvalue weighted by atomic mass is 16.5. The van der Waals surface area contributed by atoms with Gasteiger partial charge < -0.3 is 4.74 Å².